The lowest BCUT2D eigenvalue weighted by Crippen LogP contribution is -2.57. The largest absolute Gasteiger partial charge is 0.388 e. The van der Waals surface area contributed by atoms with Crippen LogP contribution in [0.25, 0.3) is 0 Å². The molecule has 80 valence electrons. The lowest BCUT2D eigenvalue weighted by molar-refractivity contribution is 0.0498. The summed E-state index contributed by atoms with van der Waals surface area (Å²) in [7, 11) is -3.83. The number of hydrogen-bond donors (Lipinski definition) is 2. The van der Waals surface area contributed by atoms with Crippen LogP contribution < -0.4 is 5.14 Å². The molecule has 0 amide bonds. The molecule has 0 aliphatic heterocycles. The van der Waals surface area contributed by atoms with Gasteiger partial charge in [0, 0.05) is 0 Å². The highest BCUT2D eigenvalue weighted by Crippen LogP contribution is 2.35. The SMILES string of the molecule is CC(C)(O)[C@@]1(S(N)(=O)=O)C=CC=CC1. The lowest BCUT2D eigenvalue weighted by atomic mass is 9.84. The van der Waals surface area contributed by atoms with Gasteiger partial charge in [0.05, 0.1) is 5.60 Å². The van der Waals surface area contributed by atoms with E-state index in [0.29, 0.717) is 0 Å². The molecule has 1 rings (SSSR count). The molecule has 0 bridgehead atoms. The van der Waals surface area contributed by atoms with Crippen LogP contribution >= 0.6 is 0 Å². The van der Waals surface area contributed by atoms with E-state index < -0.39 is 20.4 Å². The second kappa shape index (κ2) is 3.18. The van der Waals surface area contributed by atoms with Crippen molar-refractivity contribution in [3.8, 4) is 0 Å². The van der Waals surface area contributed by atoms with Gasteiger partial charge in [-0.25, -0.2) is 13.6 Å². The molecule has 14 heavy (non-hydrogen) atoms. The van der Waals surface area contributed by atoms with Gasteiger partial charge in [0.2, 0.25) is 10.0 Å². The van der Waals surface area contributed by atoms with Gasteiger partial charge in [-0.1, -0.05) is 24.3 Å². The van der Waals surface area contributed by atoms with E-state index in [1.165, 1.54) is 19.9 Å². The molecule has 3 N–H and O–H groups in total. The maximum absolute atomic E-state index is 11.5. The Morgan fingerprint density at radius 2 is 2.00 bits per heavy atom. The Hall–Kier alpha value is -0.650. The van der Waals surface area contributed by atoms with Crippen LogP contribution in [0, 0.1) is 0 Å². The van der Waals surface area contributed by atoms with Crippen LogP contribution in [0.2, 0.25) is 0 Å². The summed E-state index contributed by atoms with van der Waals surface area (Å²) in [5, 5.41) is 15.0. The Labute approximate surface area is 84.2 Å². The molecular formula is C9H15NO3S. The zero-order chi connectivity index (χ0) is 11.0. The van der Waals surface area contributed by atoms with Crippen molar-refractivity contribution in [2.45, 2.75) is 30.6 Å². The van der Waals surface area contributed by atoms with Crippen molar-refractivity contribution < 1.29 is 13.5 Å². The zero-order valence-electron chi connectivity index (χ0n) is 8.27. The number of aliphatic hydroxyl groups is 1. The fourth-order valence-corrected chi connectivity index (χ4v) is 2.91. The fraction of sp³-hybridized carbons (Fsp3) is 0.556. The van der Waals surface area contributed by atoms with Gasteiger partial charge in [-0.3, -0.25) is 0 Å². The van der Waals surface area contributed by atoms with Crippen LogP contribution in [0.5, 0.6) is 0 Å². The third kappa shape index (κ3) is 1.63. The zero-order valence-corrected chi connectivity index (χ0v) is 9.08. The summed E-state index contributed by atoms with van der Waals surface area (Å²) in [5.41, 5.74) is -1.40. The monoisotopic (exact) mass is 217 g/mol. The summed E-state index contributed by atoms with van der Waals surface area (Å²) < 4.78 is 21.6. The Morgan fingerprint density at radius 1 is 1.43 bits per heavy atom. The lowest BCUT2D eigenvalue weighted by Gasteiger charge is -2.39. The fourth-order valence-electron chi connectivity index (χ4n) is 1.61. The number of allylic oxidation sites excluding steroid dienone is 3. The van der Waals surface area contributed by atoms with E-state index in [2.05, 4.69) is 0 Å². The van der Waals surface area contributed by atoms with Crippen molar-refractivity contribution in [2.75, 3.05) is 0 Å². The molecule has 1 aliphatic rings. The molecule has 0 fully saturated rings. The van der Waals surface area contributed by atoms with Crippen LogP contribution in [0.4, 0.5) is 0 Å². The summed E-state index contributed by atoms with van der Waals surface area (Å²) in [6.45, 7) is 2.89. The number of nitrogens with two attached hydrogens (primary N) is 1. The van der Waals surface area contributed by atoms with Gasteiger partial charge in [0.1, 0.15) is 4.75 Å². The molecule has 1 aliphatic carbocycles. The molecule has 0 unspecified atom stereocenters. The van der Waals surface area contributed by atoms with E-state index in [1.54, 1.807) is 18.2 Å². The second-order valence-corrected chi connectivity index (χ2v) is 5.80. The molecule has 5 heteroatoms. The number of sulfonamides is 1. The maximum atomic E-state index is 11.5. The molecule has 0 saturated heterocycles. The van der Waals surface area contributed by atoms with E-state index >= 15 is 0 Å². The van der Waals surface area contributed by atoms with Crippen LogP contribution in [0.3, 0.4) is 0 Å². The second-order valence-electron chi connectivity index (χ2n) is 3.98. The molecule has 1 atom stereocenters. The summed E-state index contributed by atoms with van der Waals surface area (Å²) in [6.07, 6.45) is 6.65. The number of primary sulfonamides is 1. The predicted octanol–water partition coefficient (Wildman–Crippen LogP) is 0.301. The average Bonchev–Trinajstić information content (AvgIpc) is 2.02. The normalized spacial score (nSPS) is 28.0. The summed E-state index contributed by atoms with van der Waals surface area (Å²) in [6, 6.07) is 0. The highest BCUT2D eigenvalue weighted by Gasteiger charge is 2.50. The van der Waals surface area contributed by atoms with Crippen LogP contribution in [-0.4, -0.2) is 23.9 Å². The highest BCUT2D eigenvalue weighted by atomic mass is 32.2. The molecule has 4 nitrogen and oxygen atoms in total. The average molecular weight is 217 g/mol. The predicted molar refractivity (Wildman–Crippen MR) is 55.0 cm³/mol. The van der Waals surface area contributed by atoms with E-state index in [9.17, 15) is 13.5 Å². The first-order valence-electron chi connectivity index (χ1n) is 4.30. The van der Waals surface area contributed by atoms with Crippen LogP contribution in [0.15, 0.2) is 24.3 Å². The molecule has 0 aromatic carbocycles. The van der Waals surface area contributed by atoms with E-state index in [-0.39, 0.29) is 6.42 Å². The summed E-state index contributed by atoms with van der Waals surface area (Å²) in [4.78, 5) is 0. The molecule has 0 aromatic heterocycles. The third-order valence-electron chi connectivity index (χ3n) is 2.58. The van der Waals surface area contributed by atoms with E-state index in [1.807, 2.05) is 0 Å². The topological polar surface area (TPSA) is 80.4 Å². The Balaban J connectivity index is 3.32. The van der Waals surface area contributed by atoms with Gasteiger partial charge in [-0.05, 0) is 20.3 Å². The number of rotatable bonds is 2. The van der Waals surface area contributed by atoms with Gasteiger partial charge < -0.3 is 5.11 Å². The van der Waals surface area contributed by atoms with Gasteiger partial charge in [0.15, 0.2) is 0 Å². The molecule has 0 aromatic rings. The van der Waals surface area contributed by atoms with Gasteiger partial charge >= 0.3 is 0 Å². The Morgan fingerprint density at radius 3 is 2.21 bits per heavy atom. The van der Waals surface area contributed by atoms with Crippen molar-refractivity contribution in [2.24, 2.45) is 5.14 Å². The molecule has 0 spiro atoms. The summed E-state index contributed by atoms with van der Waals surface area (Å²) >= 11 is 0. The van der Waals surface area contributed by atoms with Crippen molar-refractivity contribution in [1.82, 2.24) is 0 Å². The van der Waals surface area contributed by atoms with Crippen molar-refractivity contribution >= 4 is 10.0 Å². The molecule has 0 heterocycles. The van der Waals surface area contributed by atoms with Crippen molar-refractivity contribution in [3.05, 3.63) is 24.3 Å². The maximum Gasteiger partial charge on any atom is 0.221 e. The summed E-state index contributed by atoms with van der Waals surface area (Å²) in [5.74, 6) is 0. The quantitative estimate of drug-likeness (QED) is 0.698. The van der Waals surface area contributed by atoms with Crippen LogP contribution in [-0.2, 0) is 10.0 Å². The minimum Gasteiger partial charge on any atom is -0.388 e. The molecule has 0 saturated carbocycles. The van der Waals surface area contributed by atoms with E-state index in [4.69, 9.17) is 5.14 Å². The standard InChI is InChI=1S/C9H15NO3S/c1-8(2,11)9(14(10,12)13)6-4-3-5-7-9/h3-6,11H,7H2,1-2H3,(H2,10,12,13)/t9-/m1/s1. The van der Waals surface area contributed by atoms with Crippen molar-refractivity contribution in [1.29, 1.82) is 0 Å². The first-order valence-corrected chi connectivity index (χ1v) is 5.84. The van der Waals surface area contributed by atoms with Gasteiger partial charge in [-0.2, -0.15) is 0 Å². The van der Waals surface area contributed by atoms with E-state index in [0.717, 1.165) is 0 Å². The van der Waals surface area contributed by atoms with Crippen molar-refractivity contribution in [3.63, 3.8) is 0 Å². The minimum atomic E-state index is -3.83. The Kier molecular flexibility index (Phi) is 2.60. The first-order chi connectivity index (χ1) is 6.21. The van der Waals surface area contributed by atoms with Gasteiger partial charge in [-0.15, -0.1) is 0 Å². The Bertz CT molecular complexity index is 375. The third-order valence-corrected chi connectivity index (χ3v) is 4.39. The van der Waals surface area contributed by atoms with Gasteiger partial charge in [0.25, 0.3) is 0 Å². The highest BCUT2D eigenvalue weighted by molar-refractivity contribution is 7.90. The molecule has 0 radical (unpaired) electrons. The van der Waals surface area contributed by atoms with Crippen LogP contribution in [0.1, 0.15) is 20.3 Å². The minimum absolute atomic E-state index is 0.200. The number of hydrogen-bond acceptors (Lipinski definition) is 3. The molecular weight excluding hydrogens is 202 g/mol. The first kappa shape index (κ1) is 11.4. The smallest absolute Gasteiger partial charge is 0.221 e.